The number of hydrogen-bond donors (Lipinski definition) is 1. The van der Waals surface area contributed by atoms with Crippen LogP contribution in [-0.4, -0.2) is 33.1 Å². The van der Waals surface area contributed by atoms with Crippen molar-refractivity contribution < 1.29 is 28.7 Å². The van der Waals surface area contributed by atoms with Crippen LogP contribution in [0.4, 0.5) is 0 Å². The van der Waals surface area contributed by atoms with Gasteiger partial charge in [-0.25, -0.2) is 0 Å². The maximum absolute atomic E-state index is 13.7. The second-order valence-corrected chi connectivity index (χ2v) is 9.34. The average molecular weight is 654 g/mol. The van der Waals surface area contributed by atoms with Crippen LogP contribution >= 0.6 is 46.4 Å². The highest BCUT2D eigenvalue weighted by Gasteiger charge is 2.31. The summed E-state index contributed by atoms with van der Waals surface area (Å²) in [6.45, 7) is 10.4. The van der Waals surface area contributed by atoms with Crippen molar-refractivity contribution in [3.8, 4) is 17.2 Å². The summed E-state index contributed by atoms with van der Waals surface area (Å²) < 4.78 is 11.5. The molecule has 0 saturated carbocycles. The largest absolute Gasteiger partial charge is 0.426 e. The summed E-state index contributed by atoms with van der Waals surface area (Å²) in [6, 6.07) is 13.4. The highest BCUT2D eigenvalue weighted by atomic mass is 35.5. The molecule has 0 amide bonds. The van der Waals surface area contributed by atoms with Gasteiger partial charge in [0.15, 0.2) is 0 Å². The molecule has 12 heteroatoms. The first-order valence-electron chi connectivity index (χ1n) is 12.8. The third kappa shape index (κ3) is 7.44. The van der Waals surface area contributed by atoms with Gasteiger partial charge in [0.2, 0.25) is 11.6 Å². The Morgan fingerprint density at radius 2 is 1.17 bits per heavy atom. The molecule has 2 aromatic carbocycles. The van der Waals surface area contributed by atoms with E-state index in [9.17, 15) is 19.2 Å². The Hall–Kier alpha value is -3.56. The van der Waals surface area contributed by atoms with Crippen molar-refractivity contribution in [2.75, 3.05) is 0 Å². The van der Waals surface area contributed by atoms with Gasteiger partial charge >= 0.3 is 11.9 Å². The molecule has 0 aliphatic heterocycles. The lowest BCUT2D eigenvalue weighted by Gasteiger charge is -2.14. The lowest BCUT2D eigenvalue weighted by molar-refractivity contribution is -0.132. The highest BCUT2D eigenvalue weighted by molar-refractivity contribution is 6.45. The Kier molecular flexibility index (Phi) is 12.9. The lowest BCUT2D eigenvalue weighted by Crippen LogP contribution is -2.15. The second-order valence-electron chi connectivity index (χ2n) is 7.82. The van der Waals surface area contributed by atoms with Crippen LogP contribution in [0.3, 0.4) is 0 Å². The van der Waals surface area contributed by atoms with Crippen LogP contribution in [-0.2, 0) is 9.59 Å². The Bertz CT molecular complexity index is 1500. The van der Waals surface area contributed by atoms with Crippen molar-refractivity contribution in [1.82, 2.24) is 9.55 Å². The quantitative estimate of drug-likeness (QED) is 0.121. The molecule has 0 unspecified atom stereocenters. The molecule has 4 rings (SSSR count). The number of esters is 2. The zero-order valence-electron chi connectivity index (χ0n) is 23.6. The number of aromatic nitrogens is 2. The molecule has 2 heterocycles. The summed E-state index contributed by atoms with van der Waals surface area (Å²) in [4.78, 5) is 53.2. The van der Waals surface area contributed by atoms with Gasteiger partial charge in [0.05, 0.1) is 27.5 Å². The van der Waals surface area contributed by atoms with Gasteiger partial charge in [-0.3, -0.25) is 23.7 Å². The van der Waals surface area contributed by atoms with Crippen LogP contribution in [0, 0.1) is 0 Å². The number of ether oxygens (including phenoxy) is 2. The molecule has 0 radical (unpaired) electrons. The number of carbonyl (C=O) groups excluding carboxylic acids is 4. The summed E-state index contributed by atoms with van der Waals surface area (Å²) in [5, 5.41) is -0.405. The highest BCUT2D eigenvalue weighted by Crippen LogP contribution is 2.40. The van der Waals surface area contributed by atoms with Crippen molar-refractivity contribution >= 4 is 69.9 Å². The van der Waals surface area contributed by atoms with E-state index >= 15 is 0 Å². The zero-order chi connectivity index (χ0) is 31.7. The third-order valence-corrected chi connectivity index (χ3v) is 6.73. The Labute approximate surface area is 263 Å². The van der Waals surface area contributed by atoms with E-state index in [-0.39, 0.29) is 60.1 Å². The molecule has 0 aliphatic carbocycles. The minimum absolute atomic E-state index is 0.000962. The summed E-state index contributed by atoms with van der Waals surface area (Å²) in [6.07, 6.45) is 0. The predicted molar refractivity (Wildman–Crippen MR) is 165 cm³/mol. The van der Waals surface area contributed by atoms with Crippen molar-refractivity contribution in [1.29, 1.82) is 0 Å². The Morgan fingerprint density at radius 1 is 0.714 bits per heavy atom. The first-order valence-corrected chi connectivity index (χ1v) is 14.3. The fourth-order valence-corrected chi connectivity index (χ4v) is 4.55. The summed E-state index contributed by atoms with van der Waals surface area (Å²) >= 11 is 25.6. The number of nitrogens with one attached hydrogen (secondary N) is 1. The second kappa shape index (κ2) is 15.6. The first-order chi connectivity index (χ1) is 20.0. The molecular formula is C30H28Cl4N2O6. The van der Waals surface area contributed by atoms with E-state index < -0.39 is 23.5 Å². The van der Waals surface area contributed by atoms with Gasteiger partial charge in [-0.15, -0.1) is 0 Å². The maximum Gasteiger partial charge on any atom is 0.308 e. The van der Waals surface area contributed by atoms with Crippen molar-refractivity contribution in [2.45, 2.75) is 41.5 Å². The maximum atomic E-state index is 13.7. The fraction of sp³-hybridized carbons (Fsp3) is 0.200. The Morgan fingerprint density at radius 3 is 1.64 bits per heavy atom. The van der Waals surface area contributed by atoms with Gasteiger partial charge in [-0.05, 0) is 30.3 Å². The molecule has 0 saturated heterocycles. The standard InChI is InChI=1S/C26H16Cl4N2O6.2C2H6/c1-12(33)37-18-9-5-3-7-14(18)23(35)17-11-16(27)26(30)32(17)22-20(28)25(29)31-21(22)24(36)15-8-4-6-10-19(15)38-13(2)34;2*1-2/h3-11,31H,1-2H3;2*1-2H3. The number of benzene rings is 2. The molecule has 2 aromatic heterocycles. The normalized spacial score (nSPS) is 10.0. The predicted octanol–water partition coefficient (Wildman–Crippen LogP) is 8.78. The minimum atomic E-state index is -0.662. The van der Waals surface area contributed by atoms with Crippen LogP contribution in [0.5, 0.6) is 11.5 Å². The number of rotatable bonds is 7. The molecule has 0 fully saturated rings. The number of H-pyrrole nitrogens is 1. The van der Waals surface area contributed by atoms with Crippen LogP contribution in [0.1, 0.15) is 73.6 Å². The van der Waals surface area contributed by atoms with E-state index in [4.69, 9.17) is 55.9 Å². The smallest absolute Gasteiger partial charge is 0.308 e. The van der Waals surface area contributed by atoms with E-state index in [2.05, 4.69) is 4.98 Å². The van der Waals surface area contributed by atoms with Crippen molar-refractivity contribution in [3.05, 3.63) is 97.5 Å². The van der Waals surface area contributed by atoms with Gasteiger partial charge in [0.25, 0.3) is 0 Å². The molecular weight excluding hydrogens is 626 g/mol. The summed E-state index contributed by atoms with van der Waals surface area (Å²) in [7, 11) is 0. The topological polar surface area (TPSA) is 107 Å². The van der Waals surface area contributed by atoms with Crippen molar-refractivity contribution in [2.24, 2.45) is 0 Å². The molecule has 42 heavy (non-hydrogen) atoms. The molecule has 0 spiro atoms. The van der Waals surface area contributed by atoms with E-state index in [1.54, 1.807) is 24.3 Å². The van der Waals surface area contributed by atoms with Crippen LogP contribution < -0.4 is 9.47 Å². The number of ketones is 2. The molecule has 0 bridgehead atoms. The number of para-hydroxylation sites is 2. The third-order valence-electron chi connectivity index (χ3n) is 5.22. The summed E-state index contributed by atoms with van der Waals surface area (Å²) in [5.41, 5.74) is -0.276. The fourth-order valence-electron chi connectivity index (χ4n) is 3.72. The molecule has 0 aliphatic rings. The molecule has 222 valence electrons. The van der Waals surface area contributed by atoms with Gasteiger partial charge in [-0.1, -0.05) is 98.4 Å². The SMILES string of the molecule is CC.CC.CC(=O)Oc1ccccc1C(=O)c1[nH]c(Cl)c(Cl)c1-n1c(C(=O)c2ccccc2OC(C)=O)cc(Cl)c1Cl. The van der Waals surface area contributed by atoms with E-state index in [0.29, 0.717) is 0 Å². The number of halogens is 4. The van der Waals surface area contributed by atoms with Crippen molar-refractivity contribution in [3.63, 3.8) is 0 Å². The Balaban J connectivity index is 0.00000148. The monoisotopic (exact) mass is 652 g/mol. The first kappa shape index (κ1) is 34.6. The van der Waals surface area contributed by atoms with E-state index in [0.717, 1.165) is 0 Å². The number of carbonyl (C=O) groups is 4. The molecule has 1 N–H and O–H groups in total. The van der Waals surface area contributed by atoms with E-state index in [1.807, 2.05) is 27.7 Å². The average Bonchev–Trinajstić information content (AvgIpc) is 3.43. The van der Waals surface area contributed by atoms with Crippen LogP contribution in [0.2, 0.25) is 20.4 Å². The number of nitrogens with zero attached hydrogens (tertiary/aromatic N) is 1. The van der Waals surface area contributed by atoms with Crippen LogP contribution in [0.25, 0.3) is 5.69 Å². The van der Waals surface area contributed by atoms with Gasteiger partial charge in [0, 0.05) is 13.8 Å². The van der Waals surface area contributed by atoms with Gasteiger partial charge in [-0.2, -0.15) is 0 Å². The molecule has 0 atom stereocenters. The zero-order valence-corrected chi connectivity index (χ0v) is 26.6. The molecule has 8 nitrogen and oxygen atoms in total. The van der Waals surface area contributed by atoms with E-state index in [1.165, 1.54) is 48.7 Å². The number of hydrogen-bond acceptors (Lipinski definition) is 6. The van der Waals surface area contributed by atoms with Crippen LogP contribution in [0.15, 0.2) is 54.6 Å². The summed E-state index contributed by atoms with van der Waals surface area (Å²) in [5.74, 6) is -2.55. The number of aromatic amines is 1. The van der Waals surface area contributed by atoms with Gasteiger partial charge < -0.3 is 14.5 Å². The molecule has 4 aromatic rings. The minimum Gasteiger partial charge on any atom is -0.426 e. The van der Waals surface area contributed by atoms with Gasteiger partial charge in [0.1, 0.15) is 32.5 Å². The lowest BCUT2D eigenvalue weighted by atomic mass is 10.1.